The Hall–Kier alpha value is -1.12. The molecule has 2 aromatic rings. The summed E-state index contributed by atoms with van der Waals surface area (Å²) in [5, 5.41) is 13.3. The van der Waals surface area contributed by atoms with Crippen molar-refractivity contribution in [1.82, 2.24) is 0 Å². The molecule has 2 heteroatoms. The summed E-state index contributed by atoms with van der Waals surface area (Å²) >= 11 is 1.72. The second-order valence-electron chi connectivity index (χ2n) is 5.11. The van der Waals surface area contributed by atoms with Gasteiger partial charge in [0.1, 0.15) is 5.60 Å². The van der Waals surface area contributed by atoms with Gasteiger partial charge in [-0.05, 0) is 55.2 Å². The van der Waals surface area contributed by atoms with Gasteiger partial charge in [0.2, 0.25) is 0 Å². The highest BCUT2D eigenvalue weighted by Crippen LogP contribution is 2.41. The monoisotopic (exact) mass is 258 g/mol. The first kappa shape index (κ1) is 11.9. The van der Waals surface area contributed by atoms with Crippen LogP contribution in [0.25, 0.3) is 0 Å². The SMILES string of the molecule is Cc1sccc1C1(O)CCCCc2ccccc21. The molecule has 1 aliphatic rings. The van der Waals surface area contributed by atoms with Crippen LogP contribution in [0.3, 0.4) is 0 Å². The van der Waals surface area contributed by atoms with Crippen LogP contribution in [-0.4, -0.2) is 5.11 Å². The summed E-state index contributed by atoms with van der Waals surface area (Å²) in [6.45, 7) is 2.10. The second kappa shape index (κ2) is 4.52. The van der Waals surface area contributed by atoms with Crippen molar-refractivity contribution >= 4 is 11.3 Å². The van der Waals surface area contributed by atoms with Crippen LogP contribution in [-0.2, 0) is 12.0 Å². The lowest BCUT2D eigenvalue weighted by molar-refractivity contribution is 0.0703. The van der Waals surface area contributed by atoms with Crippen LogP contribution in [0.15, 0.2) is 35.7 Å². The van der Waals surface area contributed by atoms with E-state index in [0.717, 1.165) is 30.4 Å². The standard InChI is InChI=1S/C16H18OS/c1-12-14(9-11-18-12)16(17)10-5-4-7-13-6-2-3-8-15(13)16/h2-3,6,8-9,11,17H,4-5,7,10H2,1H3. The van der Waals surface area contributed by atoms with Gasteiger partial charge in [0.05, 0.1) is 0 Å². The molecule has 1 atom stereocenters. The summed E-state index contributed by atoms with van der Waals surface area (Å²) in [7, 11) is 0. The molecule has 1 aromatic heterocycles. The molecule has 0 saturated carbocycles. The molecule has 0 radical (unpaired) electrons. The fourth-order valence-electron chi connectivity index (χ4n) is 3.07. The Morgan fingerprint density at radius 2 is 1.94 bits per heavy atom. The second-order valence-corrected chi connectivity index (χ2v) is 6.24. The smallest absolute Gasteiger partial charge is 0.116 e. The van der Waals surface area contributed by atoms with Gasteiger partial charge in [0, 0.05) is 10.4 Å². The Balaban J connectivity index is 2.19. The summed E-state index contributed by atoms with van der Waals surface area (Å²) in [5.74, 6) is 0. The molecular weight excluding hydrogens is 240 g/mol. The van der Waals surface area contributed by atoms with Crippen LogP contribution < -0.4 is 0 Å². The van der Waals surface area contributed by atoms with Gasteiger partial charge >= 0.3 is 0 Å². The largest absolute Gasteiger partial charge is 0.380 e. The normalized spacial score (nSPS) is 23.4. The van der Waals surface area contributed by atoms with Gasteiger partial charge in [-0.1, -0.05) is 24.3 Å². The van der Waals surface area contributed by atoms with Crippen molar-refractivity contribution in [2.45, 2.75) is 38.2 Å². The molecule has 0 bridgehead atoms. The number of hydrogen-bond acceptors (Lipinski definition) is 2. The van der Waals surface area contributed by atoms with E-state index >= 15 is 0 Å². The van der Waals surface area contributed by atoms with E-state index in [-0.39, 0.29) is 0 Å². The van der Waals surface area contributed by atoms with Crippen molar-refractivity contribution in [3.05, 3.63) is 57.3 Å². The third-order valence-electron chi connectivity index (χ3n) is 4.00. The maximum Gasteiger partial charge on any atom is 0.116 e. The molecule has 94 valence electrons. The van der Waals surface area contributed by atoms with Crippen LogP contribution >= 0.6 is 11.3 Å². The lowest BCUT2D eigenvalue weighted by atomic mass is 9.82. The van der Waals surface area contributed by atoms with E-state index in [1.165, 1.54) is 16.9 Å². The van der Waals surface area contributed by atoms with E-state index in [1.807, 2.05) is 6.07 Å². The molecule has 0 spiro atoms. The van der Waals surface area contributed by atoms with Crippen LogP contribution in [0.2, 0.25) is 0 Å². The van der Waals surface area contributed by atoms with Crippen molar-refractivity contribution in [1.29, 1.82) is 0 Å². The van der Waals surface area contributed by atoms with Crippen LogP contribution in [0.5, 0.6) is 0 Å². The average molecular weight is 258 g/mol. The van der Waals surface area contributed by atoms with Gasteiger partial charge in [-0.25, -0.2) is 0 Å². The Labute approximate surface area is 112 Å². The third-order valence-corrected chi connectivity index (χ3v) is 4.85. The van der Waals surface area contributed by atoms with Crippen molar-refractivity contribution < 1.29 is 5.11 Å². The first-order valence-electron chi connectivity index (χ1n) is 6.57. The molecule has 1 aromatic carbocycles. The number of hydrogen-bond donors (Lipinski definition) is 1. The lowest BCUT2D eigenvalue weighted by Crippen LogP contribution is -2.27. The van der Waals surface area contributed by atoms with Gasteiger partial charge in [0.15, 0.2) is 0 Å². The fourth-order valence-corrected chi connectivity index (χ4v) is 3.84. The summed E-state index contributed by atoms with van der Waals surface area (Å²) in [4.78, 5) is 1.23. The van der Waals surface area contributed by atoms with E-state index < -0.39 is 5.60 Å². The van der Waals surface area contributed by atoms with Crippen molar-refractivity contribution in [2.24, 2.45) is 0 Å². The van der Waals surface area contributed by atoms with Gasteiger partial charge < -0.3 is 5.11 Å². The number of fused-ring (bicyclic) bond motifs is 1. The Morgan fingerprint density at radius 1 is 1.11 bits per heavy atom. The van der Waals surface area contributed by atoms with Crippen LogP contribution in [0, 0.1) is 6.92 Å². The highest BCUT2D eigenvalue weighted by atomic mass is 32.1. The molecule has 1 unspecified atom stereocenters. The Morgan fingerprint density at radius 3 is 2.72 bits per heavy atom. The minimum Gasteiger partial charge on any atom is -0.380 e. The zero-order chi connectivity index (χ0) is 12.6. The molecule has 3 rings (SSSR count). The molecule has 0 aliphatic heterocycles. The molecule has 1 aliphatic carbocycles. The van der Waals surface area contributed by atoms with Crippen LogP contribution in [0.1, 0.15) is 40.8 Å². The first-order valence-corrected chi connectivity index (χ1v) is 7.45. The van der Waals surface area contributed by atoms with E-state index in [4.69, 9.17) is 0 Å². The molecule has 1 N–H and O–H groups in total. The number of thiophene rings is 1. The predicted octanol–water partition coefficient (Wildman–Crippen LogP) is 4.02. The van der Waals surface area contributed by atoms with E-state index in [1.54, 1.807) is 11.3 Å². The molecule has 1 heterocycles. The summed E-state index contributed by atoms with van der Waals surface area (Å²) in [5.41, 5.74) is 2.74. The maximum absolute atomic E-state index is 11.3. The highest BCUT2D eigenvalue weighted by molar-refractivity contribution is 7.10. The lowest BCUT2D eigenvalue weighted by Gasteiger charge is -2.29. The van der Waals surface area contributed by atoms with Crippen LogP contribution in [0.4, 0.5) is 0 Å². The Kier molecular flexibility index (Phi) is 3.00. The quantitative estimate of drug-likeness (QED) is 0.766. The number of rotatable bonds is 1. The van der Waals surface area contributed by atoms with E-state index in [9.17, 15) is 5.11 Å². The summed E-state index contributed by atoms with van der Waals surface area (Å²) in [6, 6.07) is 10.5. The first-order chi connectivity index (χ1) is 8.72. The van der Waals surface area contributed by atoms with Crippen molar-refractivity contribution in [3.8, 4) is 0 Å². The highest BCUT2D eigenvalue weighted by Gasteiger charge is 2.36. The topological polar surface area (TPSA) is 20.2 Å². The maximum atomic E-state index is 11.3. The van der Waals surface area contributed by atoms with E-state index in [0.29, 0.717) is 0 Å². The van der Waals surface area contributed by atoms with Crippen molar-refractivity contribution in [2.75, 3.05) is 0 Å². The molecule has 0 fully saturated rings. The van der Waals surface area contributed by atoms with Gasteiger partial charge in [-0.3, -0.25) is 0 Å². The van der Waals surface area contributed by atoms with Gasteiger partial charge in [-0.2, -0.15) is 0 Å². The molecule has 0 amide bonds. The summed E-state index contributed by atoms with van der Waals surface area (Å²) in [6.07, 6.45) is 4.17. The fraction of sp³-hybridized carbons (Fsp3) is 0.375. The molecule has 18 heavy (non-hydrogen) atoms. The zero-order valence-corrected chi connectivity index (χ0v) is 11.5. The predicted molar refractivity (Wildman–Crippen MR) is 76.1 cm³/mol. The molecule has 0 saturated heterocycles. The number of benzene rings is 1. The Bertz CT molecular complexity index is 558. The third kappa shape index (κ3) is 1.80. The number of aliphatic hydroxyl groups is 1. The molecular formula is C16H18OS. The average Bonchev–Trinajstić information content (AvgIpc) is 2.74. The van der Waals surface area contributed by atoms with Crippen molar-refractivity contribution in [3.63, 3.8) is 0 Å². The van der Waals surface area contributed by atoms with Gasteiger partial charge in [-0.15, -0.1) is 11.3 Å². The van der Waals surface area contributed by atoms with E-state index in [2.05, 4.69) is 36.6 Å². The zero-order valence-electron chi connectivity index (χ0n) is 10.6. The minimum absolute atomic E-state index is 0.781. The molecule has 1 nitrogen and oxygen atoms in total. The van der Waals surface area contributed by atoms with Gasteiger partial charge in [0.25, 0.3) is 0 Å². The summed E-state index contributed by atoms with van der Waals surface area (Å²) < 4.78 is 0. The minimum atomic E-state index is -0.781. The number of aryl methyl sites for hydroxylation is 2.